The minimum absolute atomic E-state index is 0.228. The third-order valence-corrected chi connectivity index (χ3v) is 3.67. The Labute approximate surface area is 147 Å². The number of ether oxygens (including phenoxy) is 2. The molecule has 2 aromatic rings. The highest BCUT2D eigenvalue weighted by atomic mass is 16.5. The molecule has 0 unspecified atom stereocenters. The first-order valence-electron chi connectivity index (χ1n) is 7.95. The highest BCUT2D eigenvalue weighted by molar-refractivity contribution is 6.35. The largest absolute Gasteiger partial charge is 0.497 e. The number of benzene rings is 2. The second-order valence-electron chi connectivity index (χ2n) is 5.35. The Morgan fingerprint density at radius 2 is 1.68 bits per heavy atom. The minimum Gasteiger partial charge on any atom is -0.497 e. The Morgan fingerprint density at radius 1 is 0.920 bits per heavy atom. The minimum atomic E-state index is -0.670. The number of carbonyl (C=O) groups excluding carboxylic acids is 2. The van der Waals surface area contributed by atoms with E-state index < -0.39 is 11.8 Å². The van der Waals surface area contributed by atoms with Crippen molar-refractivity contribution in [2.75, 3.05) is 20.8 Å². The molecule has 2 aromatic carbocycles. The number of hydrogen-bond acceptors (Lipinski definition) is 4. The number of amides is 2. The molecule has 0 bridgehead atoms. The van der Waals surface area contributed by atoms with Crippen LogP contribution < -0.4 is 20.1 Å². The van der Waals surface area contributed by atoms with E-state index in [1.165, 1.54) is 0 Å². The first kappa shape index (κ1) is 18.3. The molecule has 0 aliphatic rings. The predicted molar refractivity (Wildman–Crippen MR) is 94.5 cm³/mol. The molecular formula is C19H22N2O4. The molecule has 0 fully saturated rings. The van der Waals surface area contributed by atoms with Crippen LogP contribution >= 0.6 is 0 Å². The van der Waals surface area contributed by atoms with Gasteiger partial charge in [-0.15, -0.1) is 0 Å². The summed E-state index contributed by atoms with van der Waals surface area (Å²) in [5, 5.41) is 5.20. The third-order valence-electron chi connectivity index (χ3n) is 3.67. The molecule has 0 aliphatic carbocycles. The molecule has 0 saturated heterocycles. The van der Waals surface area contributed by atoms with Gasteiger partial charge < -0.3 is 20.1 Å². The second-order valence-corrected chi connectivity index (χ2v) is 5.35. The third kappa shape index (κ3) is 5.53. The standard InChI is InChI=1S/C19H22N2O4/c1-24-16-8-5-6-14(12-16)10-11-20-18(22)19(23)21-13-15-7-3-4-9-17(15)25-2/h3-9,12H,10-11,13H2,1-2H3,(H,20,22)(H,21,23). The van der Waals surface area contributed by atoms with Gasteiger partial charge in [0.25, 0.3) is 0 Å². The smallest absolute Gasteiger partial charge is 0.309 e. The van der Waals surface area contributed by atoms with Crippen molar-refractivity contribution >= 4 is 11.8 Å². The van der Waals surface area contributed by atoms with E-state index in [9.17, 15) is 9.59 Å². The fourth-order valence-electron chi connectivity index (χ4n) is 2.33. The quantitative estimate of drug-likeness (QED) is 0.751. The van der Waals surface area contributed by atoms with E-state index in [0.29, 0.717) is 18.7 Å². The van der Waals surface area contributed by atoms with Gasteiger partial charge in [-0.2, -0.15) is 0 Å². The lowest BCUT2D eigenvalue weighted by Gasteiger charge is -2.10. The molecule has 0 aromatic heterocycles. The lowest BCUT2D eigenvalue weighted by atomic mass is 10.1. The van der Waals surface area contributed by atoms with Crippen molar-refractivity contribution < 1.29 is 19.1 Å². The molecule has 2 N–H and O–H groups in total. The van der Waals surface area contributed by atoms with E-state index in [1.54, 1.807) is 20.3 Å². The molecule has 0 saturated carbocycles. The summed E-state index contributed by atoms with van der Waals surface area (Å²) in [5.41, 5.74) is 1.83. The molecule has 0 heterocycles. The highest BCUT2D eigenvalue weighted by Gasteiger charge is 2.13. The van der Waals surface area contributed by atoms with Crippen molar-refractivity contribution in [3.8, 4) is 11.5 Å². The Kier molecular flexibility index (Phi) is 6.83. The highest BCUT2D eigenvalue weighted by Crippen LogP contribution is 2.16. The normalized spacial score (nSPS) is 10.0. The Balaban J connectivity index is 1.77. The zero-order valence-electron chi connectivity index (χ0n) is 14.4. The van der Waals surface area contributed by atoms with Crippen molar-refractivity contribution in [2.24, 2.45) is 0 Å². The zero-order chi connectivity index (χ0) is 18.1. The van der Waals surface area contributed by atoms with Gasteiger partial charge in [-0.05, 0) is 30.2 Å². The number of hydrogen-bond donors (Lipinski definition) is 2. The van der Waals surface area contributed by atoms with Crippen LogP contribution in [0, 0.1) is 0 Å². The molecule has 0 spiro atoms. The maximum atomic E-state index is 11.9. The zero-order valence-corrected chi connectivity index (χ0v) is 14.4. The number of para-hydroxylation sites is 1. The lowest BCUT2D eigenvalue weighted by molar-refractivity contribution is -0.139. The van der Waals surface area contributed by atoms with Crippen molar-refractivity contribution in [2.45, 2.75) is 13.0 Å². The Hall–Kier alpha value is -3.02. The topological polar surface area (TPSA) is 76.7 Å². The van der Waals surface area contributed by atoms with Crippen LogP contribution in [0.1, 0.15) is 11.1 Å². The van der Waals surface area contributed by atoms with Gasteiger partial charge >= 0.3 is 11.8 Å². The van der Waals surface area contributed by atoms with E-state index in [1.807, 2.05) is 42.5 Å². The Morgan fingerprint density at radius 3 is 2.44 bits per heavy atom. The summed E-state index contributed by atoms with van der Waals surface area (Å²) in [4.78, 5) is 23.7. The van der Waals surface area contributed by atoms with Gasteiger partial charge in [-0.1, -0.05) is 30.3 Å². The summed E-state index contributed by atoms with van der Waals surface area (Å²) in [6.45, 7) is 0.597. The molecule has 25 heavy (non-hydrogen) atoms. The van der Waals surface area contributed by atoms with Crippen LogP contribution in [-0.4, -0.2) is 32.6 Å². The Bertz CT molecular complexity index is 731. The van der Waals surface area contributed by atoms with Crippen molar-refractivity contribution in [3.63, 3.8) is 0 Å². The summed E-state index contributed by atoms with van der Waals surface area (Å²) in [6, 6.07) is 14.9. The van der Waals surface area contributed by atoms with Crippen LogP contribution in [0.4, 0.5) is 0 Å². The van der Waals surface area contributed by atoms with Gasteiger partial charge in [-0.3, -0.25) is 9.59 Å². The molecule has 6 heteroatoms. The number of methoxy groups -OCH3 is 2. The lowest BCUT2D eigenvalue weighted by Crippen LogP contribution is -2.40. The maximum Gasteiger partial charge on any atom is 0.309 e. The molecule has 2 rings (SSSR count). The first-order valence-corrected chi connectivity index (χ1v) is 7.95. The molecular weight excluding hydrogens is 320 g/mol. The molecule has 132 valence electrons. The summed E-state index contributed by atoms with van der Waals surface area (Å²) >= 11 is 0. The monoisotopic (exact) mass is 342 g/mol. The fraction of sp³-hybridized carbons (Fsp3) is 0.263. The van der Waals surface area contributed by atoms with Gasteiger partial charge in [-0.25, -0.2) is 0 Å². The number of carbonyl (C=O) groups is 2. The fourth-order valence-corrected chi connectivity index (χ4v) is 2.33. The van der Waals surface area contributed by atoms with Crippen LogP contribution in [0.3, 0.4) is 0 Å². The van der Waals surface area contributed by atoms with Crippen LogP contribution in [0.5, 0.6) is 11.5 Å². The second kappa shape index (κ2) is 9.32. The SMILES string of the molecule is COc1cccc(CCNC(=O)C(=O)NCc2ccccc2OC)c1. The average Bonchev–Trinajstić information content (AvgIpc) is 2.66. The molecule has 0 atom stereocenters. The van der Waals surface area contributed by atoms with Gasteiger partial charge in [0.1, 0.15) is 11.5 Å². The molecule has 0 radical (unpaired) electrons. The summed E-state index contributed by atoms with van der Waals surface area (Å²) in [6.07, 6.45) is 0.614. The van der Waals surface area contributed by atoms with Crippen molar-refractivity contribution in [3.05, 3.63) is 59.7 Å². The molecule has 6 nitrogen and oxygen atoms in total. The average molecular weight is 342 g/mol. The molecule has 0 aliphatic heterocycles. The number of nitrogens with one attached hydrogen (secondary N) is 2. The van der Waals surface area contributed by atoms with Gasteiger partial charge in [0, 0.05) is 18.7 Å². The van der Waals surface area contributed by atoms with Crippen LogP contribution in [0.15, 0.2) is 48.5 Å². The van der Waals surface area contributed by atoms with Gasteiger partial charge in [0.05, 0.1) is 14.2 Å². The summed E-state index contributed by atoms with van der Waals surface area (Å²) in [5.74, 6) is 0.106. The van der Waals surface area contributed by atoms with Crippen LogP contribution in [0.25, 0.3) is 0 Å². The van der Waals surface area contributed by atoms with Crippen molar-refractivity contribution in [1.29, 1.82) is 0 Å². The van der Waals surface area contributed by atoms with E-state index in [2.05, 4.69) is 10.6 Å². The van der Waals surface area contributed by atoms with E-state index >= 15 is 0 Å². The van der Waals surface area contributed by atoms with Crippen LogP contribution in [-0.2, 0) is 22.6 Å². The van der Waals surface area contributed by atoms with E-state index in [0.717, 1.165) is 16.9 Å². The molecule has 2 amide bonds. The van der Waals surface area contributed by atoms with Crippen LogP contribution in [0.2, 0.25) is 0 Å². The predicted octanol–water partition coefficient (Wildman–Crippen LogP) is 1.68. The number of rotatable bonds is 7. The summed E-state index contributed by atoms with van der Waals surface area (Å²) < 4.78 is 10.4. The first-order chi connectivity index (χ1) is 12.1. The van der Waals surface area contributed by atoms with Gasteiger partial charge in [0.15, 0.2) is 0 Å². The summed E-state index contributed by atoms with van der Waals surface area (Å²) in [7, 11) is 3.17. The van der Waals surface area contributed by atoms with E-state index in [4.69, 9.17) is 9.47 Å². The van der Waals surface area contributed by atoms with Gasteiger partial charge in [0.2, 0.25) is 0 Å². The maximum absolute atomic E-state index is 11.9. The van der Waals surface area contributed by atoms with E-state index in [-0.39, 0.29) is 6.54 Å². The van der Waals surface area contributed by atoms with Crippen molar-refractivity contribution in [1.82, 2.24) is 10.6 Å².